The fraction of sp³-hybridized carbons (Fsp3) is 0.0667. The summed E-state index contributed by atoms with van der Waals surface area (Å²) >= 11 is -8.56. The van der Waals surface area contributed by atoms with E-state index in [0.717, 1.165) is 26.1 Å². The van der Waals surface area contributed by atoms with E-state index in [2.05, 4.69) is 0 Å². The molecule has 0 atom stereocenters. The number of Topliss-reactive ketones (excluding diaryl/α,β-unsaturated/α-hetero) is 2. The summed E-state index contributed by atoms with van der Waals surface area (Å²) in [6, 6.07) is 57.0. The van der Waals surface area contributed by atoms with Crippen molar-refractivity contribution in [1.29, 1.82) is 0 Å². The minimum absolute atomic E-state index is 0.0813. The molecule has 0 aromatic heterocycles. The van der Waals surface area contributed by atoms with Crippen molar-refractivity contribution in [2.24, 2.45) is 0 Å². The van der Waals surface area contributed by atoms with E-state index < -0.39 is 56.1 Å². The van der Waals surface area contributed by atoms with Gasteiger partial charge >= 0.3 is 316 Å². The van der Waals surface area contributed by atoms with Crippen molar-refractivity contribution in [2.75, 3.05) is 14.2 Å². The molecule has 0 saturated carbocycles. The Bertz CT molecular complexity index is 1970. The zero-order valence-corrected chi connectivity index (χ0v) is 33.1. The molecule has 6 aromatic rings. The Labute approximate surface area is 314 Å². The van der Waals surface area contributed by atoms with E-state index in [4.69, 9.17) is 9.47 Å². The van der Waals surface area contributed by atoms with Gasteiger partial charge in [0.15, 0.2) is 0 Å². The van der Waals surface area contributed by atoms with Crippen molar-refractivity contribution >= 4 is 84.4 Å². The standard InChI is InChI=1S/C45H38As2O6/c1-52-44(50)42(46(34-21-9-3-10-22-34,35-23-11-4-12-24-35)36-25-13-5-14-26-36)40(48)33-41(49)43(45(51)53-2)47(37-27-15-6-16-28-37,38-29-17-7-18-30-38)39-31-19-8-20-32-39/h3-32H,33H2,1-2H3. The Morgan fingerprint density at radius 1 is 0.358 bits per heavy atom. The van der Waals surface area contributed by atoms with Crippen LogP contribution in [0.1, 0.15) is 6.42 Å². The molecule has 0 amide bonds. The first-order valence-corrected chi connectivity index (χ1v) is 24.5. The van der Waals surface area contributed by atoms with Crippen LogP contribution in [0.4, 0.5) is 0 Å². The van der Waals surface area contributed by atoms with Gasteiger partial charge in [0.1, 0.15) is 0 Å². The number of methoxy groups -OCH3 is 2. The zero-order valence-electron chi connectivity index (χ0n) is 29.4. The number of carbonyl (C=O) groups is 4. The first-order valence-electron chi connectivity index (χ1n) is 17.0. The third-order valence-electron chi connectivity index (χ3n) is 9.14. The van der Waals surface area contributed by atoms with Crippen LogP contribution in [0.2, 0.25) is 0 Å². The second-order valence-electron chi connectivity index (χ2n) is 12.1. The summed E-state index contributed by atoms with van der Waals surface area (Å²) in [6.07, 6.45) is -0.750. The van der Waals surface area contributed by atoms with Gasteiger partial charge in [0.25, 0.3) is 0 Å². The Morgan fingerprint density at radius 3 is 0.717 bits per heavy atom. The van der Waals surface area contributed by atoms with Gasteiger partial charge in [0.05, 0.1) is 0 Å². The van der Waals surface area contributed by atoms with Gasteiger partial charge in [0, 0.05) is 0 Å². The van der Waals surface area contributed by atoms with E-state index in [-0.39, 0.29) is 8.61 Å². The fourth-order valence-corrected chi connectivity index (χ4v) is 25.2. The van der Waals surface area contributed by atoms with E-state index in [9.17, 15) is 9.59 Å². The van der Waals surface area contributed by atoms with Crippen molar-refractivity contribution in [3.8, 4) is 0 Å². The van der Waals surface area contributed by atoms with Gasteiger partial charge in [-0.3, -0.25) is 0 Å². The van der Waals surface area contributed by atoms with E-state index in [1.54, 1.807) is 0 Å². The number of hydrogen-bond acceptors (Lipinski definition) is 6. The number of benzene rings is 6. The predicted molar refractivity (Wildman–Crippen MR) is 217 cm³/mol. The molecule has 0 aliphatic heterocycles. The molecule has 0 unspecified atom stereocenters. The van der Waals surface area contributed by atoms with Crippen molar-refractivity contribution < 1.29 is 28.7 Å². The summed E-state index contributed by atoms with van der Waals surface area (Å²) in [6.45, 7) is 0. The number of ether oxygens (including phenoxy) is 2. The van der Waals surface area contributed by atoms with Crippen LogP contribution in [-0.2, 0) is 28.7 Å². The summed E-state index contributed by atoms with van der Waals surface area (Å²) in [5.74, 6) is -3.02. The Kier molecular flexibility index (Phi) is 11.8. The van der Waals surface area contributed by atoms with Gasteiger partial charge in [-0.05, 0) is 0 Å². The van der Waals surface area contributed by atoms with Gasteiger partial charge in [0.2, 0.25) is 0 Å². The molecule has 6 rings (SSSR count). The van der Waals surface area contributed by atoms with Crippen LogP contribution in [0, 0.1) is 0 Å². The van der Waals surface area contributed by atoms with Crippen LogP contribution in [0.15, 0.2) is 182 Å². The molecule has 8 heteroatoms. The molecule has 0 saturated heterocycles. The molecule has 0 fully saturated rings. The molecule has 0 aliphatic rings. The monoisotopic (exact) mass is 824 g/mol. The normalized spacial score (nSPS) is 11.2. The third kappa shape index (κ3) is 7.01. The summed E-state index contributed by atoms with van der Waals surface area (Å²) in [5, 5.41) is 0. The van der Waals surface area contributed by atoms with E-state index in [0.29, 0.717) is 0 Å². The van der Waals surface area contributed by atoms with Gasteiger partial charge in [-0.25, -0.2) is 0 Å². The SMILES string of the molecule is COC(=O)C(C(=O)CC(=O)C(C(=O)OC)=[As](c1ccccc1)(c1ccccc1)c1ccccc1)=[As](c1ccccc1)(c1ccccc1)c1ccccc1. The van der Waals surface area contributed by atoms with Gasteiger partial charge < -0.3 is 0 Å². The van der Waals surface area contributed by atoms with Crippen LogP contribution in [0.5, 0.6) is 0 Å². The zero-order chi connectivity index (χ0) is 37.3. The average molecular weight is 825 g/mol. The quantitative estimate of drug-likeness (QED) is 0.107. The van der Waals surface area contributed by atoms with Crippen LogP contribution in [0.25, 0.3) is 0 Å². The Hall–Kier alpha value is -5.54. The molecule has 6 nitrogen and oxygen atoms in total. The molecular weight excluding hydrogens is 786 g/mol. The van der Waals surface area contributed by atoms with E-state index >= 15 is 9.59 Å². The summed E-state index contributed by atoms with van der Waals surface area (Å²) in [4.78, 5) is 59.0. The molecule has 0 aliphatic carbocycles. The maximum atomic E-state index is 15.2. The second-order valence-corrected chi connectivity index (χ2v) is 26.1. The molecule has 264 valence electrons. The Morgan fingerprint density at radius 2 is 0.547 bits per heavy atom. The van der Waals surface area contributed by atoms with Gasteiger partial charge in [-0.2, -0.15) is 0 Å². The number of esters is 2. The minimum atomic E-state index is -4.28. The van der Waals surface area contributed by atoms with Crippen LogP contribution < -0.4 is 26.1 Å². The van der Waals surface area contributed by atoms with E-state index in [1.165, 1.54) is 14.2 Å². The summed E-state index contributed by atoms with van der Waals surface area (Å²) < 4.78 is 15.5. The van der Waals surface area contributed by atoms with Crippen molar-refractivity contribution in [3.63, 3.8) is 0 Å². The molecule has 0 N–H and O–H groups in total. The maximum absolute atomic E-state index is 15.2. The first kappa shape index (κ1) is 37.2. The van der Waals surface area contributed by atoms with E-state index in [1.807, 2.05) is 182 Å². The third-order valence-corrected chi connectivity index (χ3v) is 27.3. The van der Waals surface area contributed by atoms with Crippen molar-refractivity contribution in [3.05, 3.63) is 182 Å². The summed E-state index contributed by atoms with van der Waals surface area (Å²) in [7, 11) is 2.49. The number of hydrogen-bond donors (Lipinski definition) is 0. The molecule has 6 aromatic carbocycles. The van der Waals surface area contributed by atoms with Gasteiger partial charge in [-0.1, -0.05) is 0 Å². The summed E-state index contributed by atoms with van der Waals surface area (Å²) in [5.41, 5.74) is 0. The molecule has 53 heavy (non-hydrogen) atoms. The van der Waals surface area contributed by atoms with Crippen LogP contribution in [0.3, 0.4) is 0 Å². The first-order chi connectivity index (χ1) is 25.9. The van der Waals surface area contributed by atoms with Crippen LogP contribution >= 0.6 is 0 Å². The average Bonchev–Trinajstić information content (AvgIpc) is 3.23. The van der Waals surface area contributed by atoms with Crippen molar-refractivity contribution in [2.45, 2.75) is 6.42 Å². The molecule has 0 spiro atoms. The van der Waals surface area contributed by atoms with Crippen LogP contribution in [-0.4, -0.2) is 72.5 Å². The molecule has 0 radical (unpaired) electrons. The Balaban J connectivity index is 1.73. The molecule has 0 bridgehead atoms. The van der Waals surface area contributed by atoms with Crippen molar-refractivity contribution in [1.82, 2.24) is 0 Å². The number of rotatable bonds is 12. The fourth-order valence-electron chi connectivity index (χ4n) is 6.96. The predicted octanol–water partition coefficient (Wildman–Crippen LogP) is 2.71. The topological polar surface area (TPSA) is 86.7 Å². The van der Waals surface area contributed by atoms with Gasteiger partial charge in [-0.15, -0.1) is 0 Å². The number of ketones is 2. The molecular formula is C45H38As2O6. The number of carbonyl (C=O) groups excluding carboxylic acids is 4. The molecule has 0 heterocycles. The second kappa shape index (κ2) is 16.9.